The monoisotopic (exact) mass is 529 g/mol. The van der Waals surface area contributed by atoms with Crippen molar-refractivity contribution >= 4 is 35.3 Å². The minimum Gasteiger partial charge on any atom is -0.339 e. The number of benzene rings is 3. The van der Waals surface area contributed by atoms with Gasteiger partial charge in [-0.15, -0.1) is 10.2 Å². The van der Waals surface area contributed by atoms with Crippen LogP contribution >= 0.6 is 23.4 Å². The van der Waals surface area contributed by atoms with E-state index in [0.29, 0.717) is 21.8 Å². The number of thioether (sulfide) groups is 1. The van der Waals surface area contributed by atoms with Gasteiger partial charge in [-0.3, -0.25) is 14.3 Å². The smallest absolute Gasteiger partial charge is 0.233 e. The fourth-order valence-corrected chi connectivity index (χ4v) is 5.36. The number of nitrogens with zero attached hydrogens (tertiary/aromatic N) is 5. The molecule has 1 aliphatic heterocycles. The molecular weight excluding hydrogens is 502 g/mol. The second-order valence-electron chi connectivity index (χ2n) is 8.74. The summed E-state index contributed by atoms with van der Waals surface area (Å²) in [6.07, 6.45) is 4.34. The van der Waals surface area contributed by atoms with Gasteiger partial charge in [0.25, 0.3) is 0 Å². The molecule has 1 saturated heterocycles. The van der Waals surface area contributed by atoms with Crippen LogP contribution in [0.1, 0.15) is 5.56 Å². The molecule has 1 aliphatic rings. The van der Waals surface area contributed by atoms with E-state index in [9.17, 15) is 4.79 Å². The van der Waals surface area contributed by atoms with Crippen molar-refractivity contribution in [3.05, 3.63) is 102 Å². The Labute approximate surface area is 226 Å². The van der Waals surface area contributed by atoms with Gasteiger partial charge in [0.1, 0.15) is 0 Å². The highest BCUT2D eigenvalue weighted by molar-refractivity contribution is 7.99. The standard InChI is InChI=1S/C29H28ClN5OS/c30-26-16-8-7-15-25(26)28-31-32-29(35(28)24-13-5-2-6-14-24)37-22-27(36)34-20-18-33(19-21-34)17-9-12-23-10-3-1-4-11-23/h1-16H,17-22H2/b12-9+. The van der Waals surface area contributed by atoms with Crippen LogP contribution in [0.15, 0.2) is 96.2 Å². The molecule has 0 aliphatic carbocycles. The maximum absolute atomic E-state index is 13.0. The summed E-state index contributed by atoms with van der Waals surface area (Å²) in [6, 6.07) is 27.8. The van der Waals surface area contributed by atoms with Crippen LogP contribution in [0.25, 0.3) is 23.2 Å². The molecule has 188 valence electrons. The Morgan fingerprint density at radius 1 is 0.865 bits per heavy atom. The summed E-state index contributed by atoms with van der Waals surface area (Å²) in [5, 5.41) is 10.1. The number of para-hydroxylation sites is 1. The van der Waals surface area contributed by atoms with Crippen LogP contribution in [-0.4, -0.2) is 68.9 Å². The SMILES string of the molecule is O=C(CSc1nnc(-c2ccccc2Cl)n1-c1ccccc1)N1CCN(C/C=C/c2ccccc2)CC1. The lowest BCUT2D eigenvalue weighted by Crippen LogP contribution is -2.49. The molecule has 0 bridgehead atoms. The Balaban J connectivity index is 1.21. The lowest BCUT2D eigenvalue weighted by atomic mass is 10.2. The molecule has 1 amide bonds. The summed E-state index contributed by atoms with van der Waals surface area (Å²) in [5.41, 5.74) is 2.93. The Kier molecular flexibility index (Phi) is 8.35. The van der Waals surface area contributed by atoms with Crippen molar-refractivity contribution in [3.8, 4) is 17.1 Å². The number of hydrogen-bond donors (Lipinski definition) is 0. The van der Waals surface area contributed by atoms with E-state index in [2.05, 4.69) is 39.4 Å². The second kappa shape index (κ2) is 12.2. The van der Waals surface area contributed by atoms with E-state index in [1.165, 1.54) is 17.3 Å². The lowest BCUT2D eigenvalue weighted by Gasteiger charge is -2.34. The minimum atomic E-state index is 0.117. The van der Waals surface area contributed by atoms with Crippen molar-refractivity contribution in [1.82, 2.24) is 24.6 Å². The zero-order valence-corrected chi connectivity index (χ0v) is 22.0. The largest absolute Gasteiger partial charge is 0.339 e. The van der Waals surface area contributed by atoms with E-state index in [0.717, 1.165) is 44.0 Å². The molecule has 0 unspecified atom stereocenters. The van der Waals surface area contributed by atoms with Crippen LogP contribution in [-0.2, 0) is 4.79 Å². The van der Waals surface area contributed by atoms with Crippen LogP contribution in [0.3, 0.4) is 0 Å². The predicted molar refractivity (Wildman–Crippen MR) is 151 cm³/mol. The summed E-state index contributed by atoms with van der Waals surface area (Å²) >= 11 is 7.88. The molecular formula is C29H28ClN5OS. The molecule has 6 nitrogen and oxygen atoms in total. The van der Waals surface area contributed by atoms with Gasteiger partial charge in [0.05, 0.1) is 10.8 Å². The zero-order chi connectivity index (χ0) is 25.5. The van der Waals surface area contributed by atoms with Gasteiger partial charge in [0.2, 0.25) is 5.91 Å². The van der Waals surface area contributed by atoms with Gasteiger partial charge in [-0.25, -0.2) is 0 Å². The molecule has 1 fully saturated rings. The van der Waals surface area contributed by atoms with Gasteiger partial charge in [-0.1, -0.05) is 96.2 Å². The predicted octanol–water partition coefficient (Wildman–Crippen LogP) is 5.54. The summed E-state index contributed by atoms with van der Waals surface area (Å²) in [5.74, 6) is 1.08. The highest BCUT2D eigenvalue weighted by atomic mass is 35.5. The topological polar surface area (TPSA) is 54.3 Å². The second-order valence-corrected chi connectivity index (χ2v) is 10.1. The van der Waals surface area contributed by atoms with E-state index in [4.69, 9.17) is 11.6 Å². The number of amides is 1. The number of piperazine rings is 1. The molecule has 0 radical (unpaired) electrons. The third-order valence-electron chi connectivity index (χ3n) is 6.29. The third kappa shape index (κ3) is 6.31. The summed E-state index contributed by atoms with van der Waals surface area (Å²) < 4.78 is 1.97. The fourth-order valence-electron chi connectivity index (χ4n) is 4.29. The molecule has 4 aromatic rings. The van der Waals surface area contributed by atoms with Crippen molar-refractivity contribution in [2.75, 3.05) is 38.5 Å². The first-order valence-electron chi connectivity index (χ1n) is 12.3. The van der Waals surface area contributed by atoms with Crippen molar-refractivity contribution in [1.29, 1.82) is 0 Å². The first kappa shape index (κ1) is 25.3. The first-order chi connectivity index (χ1) is 18.2. The Hall–Kier alpha value is -3.39. The number of rotatable bonds is 8. The van der Waals surface area contributed by atoms with E-state index in [1.807, 2.05) is 82.3 Å². The molecule has 0 atom stereocenters. The Morgan fingerprint density at radius 2 is 1.54 bits per heavy atom. The van der Waals surface area contributed by atoms with Crippen LogP contribution < -0.4 is 0 Å². The van der Waals surface area contributed by atoms with Gasteiger partial charge in [-0.2, -0.15) is 0 Å². The molecule has 37 heavy (non-hydrogen) atoms. The van der Waals surface area contributed by atoms with Gasteiger partial charge in [0.15, 0.2) is 11.0 Å². The van der Waals surface area contributed by atoms with Crippen molar-refractivity contribution < 1.29 is 4.79 Å². The summed E-state index contributed by atoms with van der Waals surface area (Å²) in [7, 11) is 0. The average molecular weight is 530 g/mol. The van der Waals surface area contributed by atoms with Gasteiger partial charge in [0, 0.05) is 44.0 Å². The quantitative estimate of drug-likeness (QED) is 0.281. The molecule has 3 aromatic carbocycles. The third-order valence-corrected chi connectivity index (χ3v) is 7.53. The van der Waals surface area contributed by atoms with Gasteiger partial charge in [-0.05, 0) is 29.8 Å². The van der Waals surface area contributed by atoms with Crippen LogP contribution in [0, 0.1) is 0 Å². The number of halogens is 1. The lowest BCUT2D eigenvalue weighted by molar-refractivity contribution is -0.130. The average Bonchev–Trinajstić information content (AvgIpc) is 3.37. The van der Waals surface area contributed by atoms with Crippen LogP contribution in [0.5, 0.6) is 0 Å². The molecule has 0 spiro atoms. The molecule has 2 heterocycles. The van der Waals surface area contributed by atoms with Crippen LogP contribution in [0.2, 0.25) is 5.02 Å². The van der Waals surface area contributed by atoms with Crippen molar-refractivity contribution in [2.24, 2.45) is 0 Å². The highest BCUT2D eigenvalue weighted by Crippen LogP contribution is 2.32. The van der Waals surface area contributed by atoms with Crippen molar-refractivity contribution in [3.63, 3.8) is 0 Å². The summed E-state index contributed by atoms with van der Waals surface area (Å²) in [4.78, 5) is 17.4. The zero-order valence-electron chi connectivity index (χ0n) is 20.4. The van der Waals surface area contributed by atoms with E-state index in [-0.39, 0.29) is 5.91 Å². The maximum Gasteiger partial charge on any atom is 0.233 e. The fraction of sp³-hybridized carbons (Fsp3) is 0.207. The molecule has 5 rings (SSSR count). The number of hydrogen-bond acceptors (Lipinski definition) is 5. The van der Waals surface area contributed by atoms with E-state index < -0.39 is 0 Å². The molecule has 0 saturated carbocycles. The molecule has 0 N–H and O–H groups in total. The first-order valence-corrected chi connectivity index (χ1v) is 13.7. The molecule has 1 aromatic heterocycles. The normalized spacial score (nSPS) is 14.4. The highest BCUT2D eigenvalue weighted by Gasteiger charge is 2.23. The number of aromatic nitrogens is 3. The number of carbonyl (C=O) groups excluding carboxylic acids is 1. The Morgan fingerprint density at radius 3 is 2.27 bits per heavy atom. The molecule has 8 heteroatoms. The van der Waals surface area contributed by atoms with Gasteiger partial charge < -0.3 is 4.90 Å². The van der Waals surface area contributed by atoms with E-state index in [1.54, 1.807) is 0 Å². The minimum absolute atomic E-state index is 0.117. The summed E-state index contributed by atoms with van der Waals surface area (Å²) in [6.45, 7) is 4.08. The Bertz CT molecular complexity index is 1350. The van der Waals surface area contributed by atoms with Crippen molar-refractivity contribution in [2.45, 2.75) is 5.16 Å². The van der Waals surface area contributed by atoms with Gasteiger partial charge >= 0.3 is 0 Å². The van der Waals surface area contributed by atoms with Crippen LogP contribution in [0.4, 0.5) is 0 Å². The number of carbonyl (C=O) groups is 1. The van der Waals surface area contributed by atoms with E-state index >= 15 is 0 Å². The maximum atomic E-state index is 13.0.